The summed E-state index contributed by atoms with van der Waals surface area (Å²) in [7, 11) is 0. The van der Waals surface area contributed by atoms with E-state index in [9.17, 15) is 4.79 Å². The SMILES string of the molecule is CC[C@@H](Oc1ccc(C)cc1)C(=O)N[C@@H](C)Cn1nc(C)cc1C. The van der Waals surface area contributed by atoms with Crippen LogP contribution in [0, 0.1) is 20.8 Å². The van der Waals surface area contributed by atoms with Gasteiger partial charge in [-0.15, -0.1) is 0 Å². The van der Waals surface area contributed by atoms with E-state index in [1.54, 1.807) is 0 Å². The molecular weight excluding hydrogens is 302 g/mol. The van der Waals surface area contributed by atoms with Gasteiger partial charge >= 0.3 is 0 Å². The number of hydrogen-bond donors (Lipinski definition) is 1. The molecule has 1 amide bonds. The molecule has 2 aromatic rings. The lowest BCUT2D eigenvalue weighted by atomic mass is 10.2. The highest BCUT2D eigenvalue weighted by atomic mass is 16.5. The minimum atomic E-state index is -0.490. The topological polar surface area (TPSA) is 56.1 Å². The molecule has 0 spiro atoms. The Morgan fingerprint density at radius 2 is 1.92 bits per heavy atom. The second-order valence-corrected chi connectivity index (χ2v) is 6.35. The molecule has 1 heterocycles. The Kier molecular flexibility index (Phi) is 6.01. The minimum absolute atomic E-state index is 0.0221. The highest BCUT2D eigenvalue weighted by Gasteiger charge is 2.20. The van der Waals surface area contributed by atoms with Gasteiger partial charge in [0.25, 0.3) is 5.91 Å². The maximum Gasteiger partial charge on any atom is 0.261 e. The molecule has 5 heteroatoms. The van der Waals surface area contributed by atoms with Crippen molar-refractivity contribution < 1.29 is 9.53 Å². The lowest BCUT2D eigenvalue weighted by molar-refractivity contribution is -0.128. The smallest absolute Gasteiger partial charge is 0.261 e. The van der Waals surface area contributed by atoms with E-state index in [0.717, 1.165) is 11.4 Å². The Hall–Kier alpha value is -2.30. The van der Waals surface area contributed by atoms with Crippen molar-refractivity contribution in [2.75, 3.05) is 0 Å². The van der Waals surface area contributed by atoms with Crippen molar-refractivity contribution >= 4 is 5.91 Å². The number of amides is 1. The molecule has 2 atom stereocenters. The average molecular weight is 329 g/mol. The number of benzene rings is 1. The maximum absolute atomic E-state index is 12.5. The van der Waals surface area contributed by atoms with Gasteiger partial charge in [-0.05, 0) is 52.3 Å². The van der Waals surface area contributed by atoms with Crippen LogP contribution in [0.5, 0.6) is 5.75 Å². The second kappa shape index (κ2) is 7.99. The van der Waals surface area contributed by atoms with Gasteiger partial charge in [0.05, 0.1) is 12.2 Å². The molecule has 5 nitrogen and oxygen atoms in total. The van der Waals surface area contributed by atoms with Crippen molar-refractivity contribution in [3.8, 4) is 5.75 Å². The van der Waals surface area contributed by atoms with Crippen molar-refractivity contribution in [1.29, 1.82) is 0 Å². The van der Waals surface area contributed by atoms with Gasteiger partial charge in [-0.2, -0.15) is 5.10 Å². The van der Waals surface area contributed by atoms with Crippen LogP contribution in [0.3, 0.4) is 0 Å². The van der Waals surface area contributed by atoms with Crippen molar-refractivity contribution in [2.45, 2.75) is 59.7 Å². The first-order chi connectivity index (χ1) is 11.4. The summed E-state index contributed by atoms with van der Waals surface area (Å²) in [5.41, 5.74) is 3.25. The monoisotopic (exact) mass is 329 g/mol. The predicted molar refractivity (Wildman–Crippen MR) is 95.2 cm³/mol. The number of aromatic nitrogens is 2. The first-order valence-corrected chi connectivity index (χ1v) is 8.43. The lowest BCUT2D eigenvalue weighted by Crippen LogP contribution is -2.44. The summed E-state index contributed by atoms with van der Waals surface area (Å²) in [6.45, 7) is 10.6. The molecule has 1 N–H and O–H groups in total. The zero-order valence-corrected chi connectivity index (χ0v) is 15.2. The van der Waals surface area contributed by atoms with Crippen LogP contribution in [0.4, 0.5) is 0 Å². The lowest BCUT2D eigenvalue weighted by Gasteiger charge is -2.21. The first-order valence-electron chi connectivity index (χ1n) is 8.43. The third-order valence-electron chi connectivity index (χ3n) is 3.90. The van der Waals surface area contributed by atoms with Crippen LogP contribution >= 0.6 is 0 Å². The summed E-state index contributed by atoms with van der Waals surface area (Å²) in [5.74, 6) is 0.626. The molecule has 24 heavy (non-hydrogen) atoms. The number of carbonyl (C=O) groups is 1. The Morgan fingerprint density at radius 3 is 2.46 bits per heavy atom. The Labute approximate surface area is 144 Å². The molecule has 130 valence electrons. The summed E-state index contributed by atoms with van der Waals surface area (Å²) >= 11 is 0. The fourth-order valence-corrected chi connectivity index (χ4v) is 2.60. The largest absolute Gasteiger partial charge is 0.481 e. The number of ether oxygens (including phenoxy) is 1. The Morgan fingerprint density at radius 1 is 1.25 bits per heavy atom. The average Bonchev–Trinajstić information content (AvgIpc) is 2.83. The number of aryl methyl sites for hydroxylation is 3. The van der Waals surface area contributed by atoms with Gasteiger partial charge in [-0.1, -0.05) is 24.6 Å². The van der Waals surface area contributed by atoms with Crippen LogP contribution < -0.4 is 10.1 Å². The molecule has 0 radical (unpaired) electrons. The second-order valence-electron chi connectivity index (χ2n) is 6.35. The third-order valence-corrected chi connectivity index (χ3v) is 3.90. The molecule has 0 aliphatic heterocycles. The van der Waals surface area contributed by atoms with E-state index in [2.05, 4.69) is 10.4 Å². The van der Waals surface area contributed by atoms with Gasteiger partial charge < -0.3 is 10.1 Å². The van der Waals surface area contributed by atoms with E-state index >= 15 is 0 Å². The Bertz CT molecular complexity index is 676. The highest BCUT2D eigenvalue weighted by molar-refractivity contribution is 5.81. The molecule has 1 aromatic carbocycles. The summed E-state index contributed by atoms with van der Waals surface area (Å²) in [4.78, 5) is 12.5. The summed E-state index contributed by atoms with van der Waals surface area (Å²) in [6, 6.07) is 9.75. The summed E-state index contributed by atoms with van der Waals surface area (Å²) in [5, 5.41) is 7.46. The summed E-state index contributed by atoms with van der Waals surface area (Å²) in [6.07, 6.45) is 0.127. The normalized spacial score (nSPS) is 13.4. The van der Waals surface area contributed by atoms with E-state index in [-0.39, 0.29) is 11.9 Å². The predicted octanol–water partition coefficient (Wildman–Crippen LogP) is 3.17. The van der Waals surface area contributed by atoms with E-state index in [1.165, 1.54) is 5.56 Å². The van der Waals surface area contributed by atoms with Crippen LogP contribution in [-0.4, -0.2) is 27.8 Å². The van der Waals surface area contributed by atoms with Crippen LogP contribution in [0.15, 0.2) is 30.3 Å². The molecule has 0 saturated heterocycles. The van der Waals surface area contributed by atoms with E-state index < -0.39 is 6.10 Å². The van der Waals surface area contributed by atoms with Crippen LogP contribution in [0.25, 0.3) is 0 Å². The molecule has 1 aromatic heterocycles. The molecular formula is C19H27N3O2. The molecule has 2 rings (SSSR count). The van der Waals surface area contributed by atoms with Crippen LogP contribution in [-0.2, 0) is 11.3 Å². The van der Waals surface area contributed by atoms with Gasteiger partial charge in [0.2, 0.25) is 0 Å². The molecule has 0 saturated carbocycles. The van der Waals surface area contributed by atoms with Gasteiger partial charge in [-0.25, -0.2) is 0 Å². The van der Waals surface area contributed by atoms with E-state index in [4.69, 9.17) is 4.74 Å². The maximum atomic E-state index is 12.5. The van der Waals surface area contributed by atoms with Crippen molar-refractivity contribution in [3.63, 3.8) is 0 Å². The third kappa shape index (κ3) is 4.85. The zero-order valence-electron chi connectivity index (χ0n) is 15.2. The number of hydrogen-bond acceptors (Lipinski definition) is 3. The first kappa shape index (κ1) is 18.0. The van der Waals surface area contributed by atoms with Crippen molar-refractivity contribution in [3.05, 3.63) is 47.3 Å². The molecule has 0 bridgehead atoms. The van der Waals surface area contributed by atoms with Crippen molar-refractivity contribution in [1.82, 2.24) is 15.1 Å². The standard InChI is InChI=1S/C19H27N3O2/c1-6-18(24-17-9-7-13(2)8-10-17)19(23)20-15(4)12-22-16(5)11-14(3)21-22/h7-11,15,18H,6,12H2,1-5H3,(H,20,23)/t15-,18+/m0/s1. The number of carbonyl (C=O) groups excluding carboxylic acids is 1. The fraction of sp³-hybridized carbons (Fsp3) is 0.474. The van der Waals surface area contributed by atoms with Gasteiger partial charge in [0, 0.05) is 11.7 Å². The van der Waals surface area contributed by atoms with Crippen LogP contribution in [0.1, 0.15) is 37.2 Å². The van der Waals surface area contributed by atoms with Gasteiger partial charge in [0.15, 0.2) is 6.10 Å². The van der Waals surface area contributed by atoms with Crippen LogP contribution in [0.2, 0.25) is 0 Å². The van der Waals surface area contributed by atoms with E-state index in [0.29, 0.717) is 18.7 Å². The van der Waals surface area contributed by atoms with Gasteiger partial charge in [0.1, 0.15) is 5.75 Å². The quantitative estimate of drug-likeness (QED) is 0.849. The number of nitrogens with one attached hydrogen (secondary N) is 1. The summed E-state index contributed by atoms with van der Waals surface area (Å²) < 4.78 is 7.74. The molecule has 0 fully saturated rings. The highest BCUT2D eigenvalue weighted by Crippen LogP contribution is 2.15. The zero-order chi connectivity index (χ0) is 17.7. The Balaban J connectivity index is 1.93. The van der Waals surface area contributed by atoms with Gasteiger partial charge in [-0.3, -0.25) is 9.48 Å². The minimum Gasteiger partial charge on any atom is -0.481 e. The number of nitrogens with zero attached hydrogens (tertiary/aromatic N) is 2. The number of rotatable bonds is 7. The molecule has 0 aliphatic rings. The fourth-order valence-electron chi connectivity index (χ4n) is 2.60. The van der Waals surface area contributed by atoms with E-state index in [1.807, 2.05) is 69.6 Å². The molecule has 0 aliphatic carbocycles. The van der Waals surface area contributed by atoms with Crippen molar-refractivity contribution in [2.24, 2.45) is 0 Å². The molecule has 0 unspecified atom stereocenters.